The highest BCUT2D eigenvalue weighted by molar-refractivity contribution is 5.97. The van der Waals surface area contributed by atoms with Gasteiger partial charge in [-0.25, -0.2) is 0 Å². The van der Waals surface area contributed by atoms with Crippen LogP contribution in [0.5, 0.6) is 0 Å². The Morgan fingerprint density at radius 1 is 1.29 bits per heavy atom. The van der Waals surface area contributed by atoms with Crippen LogP contribution in [0, 0.1) is 11.3 Å². The van der Waals surface area contributed by atoms with E-state index < -0.39 is 17.6 Å². The summed E-state index contributed by atoms with van der Waals surface area (Å²) in [5, 5.41) is 7.28. The topological polar surface area (TPSA) is 53.1 Å². The predicted octanol–water partition coefficient (Wildman–Crippen LogP) is 3.86. The standard InChI is InChI=1S/C15H22F3N3/c1-9(2)7-10(3)21(4)11-5-6-12(14(19)20)13(8-11)15(16,17)18/h5-6,8-10H,7H2,1-4H3,(H3,19,20). The number of hydrogen-bond donors (Lipinski definition) is 2. The second-order valence-electron chi connectivity index (χ2n) is 5.73. The van der Waals surface area contributed by atoms with E-state index in [2.05, 4.69) is 13.8 Å². The number of amidine groups is 1. The molecule has 0 amide bonds. The van der Waals surface area contributed by atoms with Gasteiger partial charge in [0.25, 0.3) is 0 Å². The average molecular weight is 301 g/mol. The number of nitrogens with zero attached hydrogens (tertiary/aromatic N) is 1. The van der Waals surface area contributed by atoms with Crippen LogP contribution in [0.4, 0.5) is 18.9 Å². The molecule has 118 valence electrons. The lowest BCUT2D eigenvalue weighted by atomic mass is 10.0. The SMILES string of the molecule is CC(C)CC(C)N(C)c1ccc(C(=N)N)c(C(F)(F)F)c1. The molecule has 0 heterocycles. The number of halogens is 3. The van der Waals surface area contributed by atoms with Crippen LogP contribution in [-0.2, 0) is 6.18 Å². The Morgan fingerprint density at radius 2 is 1.86 bits per heavy atom. The Kier molecular flexibility index (Phi) is 5.25. The summed E-state index contributed by atoms with van der Waals surface area (Å²) in [6, 6.07) is 4.02. The van der Waals surface area contributed by atoms with Crippen LogP contribution < -0.4 is 10.6 Å². The molecule has 0 fully saturated rings. The van der Waals surface area contributed by atoms with Crippen molar-refractivity contribution in [2.24, 2.45) is 11.7 Å². The highest BCUT2D eigenvalue weighted by Crippen LogP contribution is 2.35. The largest absolute Gasteiger partial charge is 0.417 e. The fraction of sp³-hybridized carbons (Fsp3) is 0.533. The summed E-state index contributed by atoms with van der Waals surface area (Å²) < 4.78 is 39.3. The van der Waals surface area contributed by atoms with E-state index in [1.165, 1.54) is 6.07 Å². The summed E-state index contributed by atoms with van der Waals surface area (Å²) in [4.78, 5) is 1.82. The molecular weight excluding hydrogens is 279 g/mol. The summed E-state index contributed by atoms with van der Waals surface area (Å²) in [6.45, 7) is 6.13. The molecule has 1 aromatic rings. The lowest BCUT2D eigenvalue weighted by Gasteiger charge is -2.29. The minimum absolute atomic E-state index is 0.120. The molecular formula is C15H22F3N3. The van der Waals surface area contributed by atoms with Gasteiger partial charge in [-0.05, 0) is 37.5 Å². The van der Waals surface area contributed by atoms with Crippen molar-refractivity contribution in [2.45, 2.75) is 39.4 Å². The van der Waals surface area contributed by atoms with Crippen LogP contribution in [-0.4, -0.2) is 18.9 Å². The maximum absolute atomic E-state index is 13.1. The zero-order valence-corrected chi connectivity index (χ0v) is 12.8. The number of nitrogens with one attached hydrogen (secondary N) is 1. The van der Waals surface area contributed by atoms with Gasteiger partial charge in [-0.3, -0.25) is 5.41 Å². The van der Waals surface area contributed by atoms with E-state index in [-0.39, 0.29) is 11.6 Å². The van der Waals surface area contributed by atoms with Crippen LogP contribution in [0.15, 0.2) is 18.2 Å². The predicted molar refractivity (Wildman–Crippen MR) is 79.8 cm³/mol. The van der Waals surface area contributed by atoms with Crippen LogP contribution in [0.1, 0.15) is 38.3 Å². The first-order chi connectivity index (χ1) is 9.54. The summed E-state index contributed by atoms with van der Waals surface area (Å²) in [7, 11) is 1.77. The first kappa shape index (κ1) is 17.3. The molecule has 1 aromatic carbocycles. The van der Waals surface area contributed by atoms with Crippen molar-refractivity contribution in [3.8, 4) is 0 Å². The molecule has 0 bridgehead atoms. The quantitative estimate of drug-likeness (QED) is 0.641. The van der Waals surface area contributed by atoms with Crippen LogP contribution in [0.2, 0.25) is 0 Å². The Labute approximate surface area is 123 Å². The van der Waals surface area contributed by atoms with Gasteiger partial charge in [0.2, 0.25) is 0 Å². The van der Waals surface area contributed by atoms with E-state index >= 15 is 0 Å². The number of benzene rings is 1. The van der Waals surface area contributed by atoms with Crippen molar-refractivity contribution in [1.29, 1.82) is 5.41 Å². The lowest BCUT2D eigenvalue weighted by Crippen LogP contribution is -2.30. The van der Waals surface area contributed by atoms with Crippen molar-refractivity contribution in [1.82, 2.24) is 0 Å². The third-order valence-corrected chi connectivity index (χ3v) is 3.48. The number of hydrogen-bond acceptors (Lipinski definition) is 2. The van der Waals surface area contributed by atoms with Gasteiger partial charge in [0.15, 0.2) is 0 Å². The highest BCUT2D eigenvalue weighted by Gasteiger charge is 2.34. The van der Waals surface area contributed by atoms with Gasteiger partial charge in [-0.1, -0.05) is 13.8 Å². The summed E-state index contributed by atoms with van der Waals surface area (Å²) >= 11 is 0. The van der Waals surface area contributed by atoms with Gasteiger partial charge in [0, 0.05) is 24.3 Å². The summed E-state index contributed by atoms with van der Waals surface area (Å²) in [6.07, 6.45) is -3.65. The van der Waals surface area contributed by atoms with Crippen molar-refractivity contribution in [2.75, 3.05) is 11.9 Å². The molecule has 1 atom stereocenters. The Bertz CT molecular complexity index is 509. The molecule has 0 radical (unpaired) electrons. The van der Waals surface area contributed by atoms with Gasteiger partial charge < -0.3 is 10.6 Å². The van der Waals surface area contributed by atoms with Gasteiger partial charge in [0.1, 0.15) is 5.84 Å². The monoisotopic (exact) mass is 301 g/mol. The molecule has 0 aromatic heterocycles. The number of anilines is 1. The van der Waals surface area contributed by atoms with Crippen molar-refractivity contribution in [3.63, 3.8) is 0 Å². The van der Waals surface area contributed by atoms with Crippen molar-refractivity contribution < 1.29 is 13.2 Å². The molecule has 21 heavy (non-hydrogen) atoms. The molecule has 1 rings (SSSR count). The van der Waals surface area contributed by atoms with E-state index in [0.717, 1.165) is 12.5 Å². The van der Waals surface area contributed by atoms with Gasteiger partial charge in [0.05, 0.1) is 5.56 Å². The molecule has 3 nitrogen and oxygen atoms in total. The molecule has 0 saturated carbocycles. The maximum Gasteiger partial charge on any atom is 0.417 e. The average Bonchev–Trinajstić information content (AvgIpc) is 2.35. The Morgan fingerprint density at radius 3 is 2.29 bits per heavy atom. The van der Waals surface area contributed by atoms with Gasteiger partial charge in [-0.2, -0.15) is 13.2 Å². The molecule has 0 spiro atoms. The zero-order valence-electron chi connectivity index (χ0n) is 12.8. The third-order valence-electron chi connectivity index (χ3n) is 3.48. The summed E-state index contributed by atoms with van der Waals surface area (Å²) in [5.74, 6) is -0.118. The van der Waals surface area contributed by atoms with E-state index in [9.17, 15) is 13.2 Å². The fourth-order valence-corrected chi connectivity index (χ4v) is 2.32. The first-order valence-corrected chi connectivity index (χ1v) is 6.82. The molecule has 0 saturated heterocycles. The van der Waals surface area contributed by atoms with E-state index in [1.54, 1.807) is 13.1 Å². The van der Waals surface area contributed by atoms with E-state index in [1.807, 2.05) is 11.8 Å². The number of nitrogen functional groups attached to an aromatic ring is 1. The molecule has 0 aliphatic carbocycles. The van der Waals surface area contributed by atoms with Crippen molar-refractivity contribution >= 4 is 11.5 Å². The van der Waals surface area contributed by atoms with Gasteiger partial charge >= 0.3 is 6.18 Å². The highest BCUT2D eigenvalue weighted by atomic mass is 19.4. The summed E-state index contributed by atoms with van der Waals surface area (Å²) in [5.41, 5.74) is 4.56. The smallest absolute Gasteiger partial charge is 0.384 e. The van der Waals surface area contributed by atoms with Gasteiger partial charge in [-0.15, -0.1) is 0 Å². The Balaban J connectivity index is 3.19. The van der Waals surface area contributed by atoms with Crippen LogP contribution >= 0.6 is 0 Å². The van der Waals surface area contributed by atoms with Crippen LogP contribution in [0.25, 0.3) is 0 Å². The first-order valence-electron chi connectivity index (χ1n) is 6.82. The number of nitrogens with two attached hydrogens (primary N) is 1. The van der Waals surface area contributed by atoms with E-state index in [0.29, 0.717) is 11.6 Å². The minimum Gasteiger partial charge on any atom is -0.384 e. The fourth-order valence-electron chi connectivity index (χ4n) is 2.32. The van der Waals surface area contributed by atoms with E-state index in [4.69, 9.17) is 11.1 Å². The molecule has 3 N–H and O–H groups in total. The van der Waals surface area contributed by atoms with Crippen LogP contribution in [0.3, 0.4) is 0 Å². The zero-order chi connectivity index (χ0) is 16.4. The minimum atomic E-state index is -4.53. The third kappa shape index (κ3) is 4.37. The molecule has 0 aliphatic rings. The number of alkyl halides is 3. The lowest BCUT2D eigenvalue weighted by molar-refractivity contribution is -0.137. The second kappa shape index (κ2) is 6.37. The normalized spacial score (nSPS) is 13.3. The molecule has 0 aliphatic heterocycles. The van der Waals surface area contributed by atoms with Crippen molar-refractivity contribution in [3.05, 3.63) is 29.3 Å². The molecule has 6 heteroatoms. The number of rotatable bonds is 5. The second-order valence-corrected chi connectivity index (χ2v) is 5.73. The maximum atomic E-state index is 13.1. The Hall–Kier alpha value is -1.72. The molecule has 1 unspecified atom stereocenters.